The van der Waals surface area contributed by atoms with Crippen molar-refractivity contribution in [2.45, 2.75) is 249 Å². The van der Waals surface area contributed by atoms with Crippen LogP contribution >= 0.6 is 11.6 Å². The summed E-state index contributed by atoms with van der Waals surface area (Å²) in [6.07, 6.45) is 3.64. The van der Waals surface area contributed by atoms with Gasteiger partial charge in [-0.3, -0.25) is 57.5 Å². The molecule has 2 heterocycles. The van der Waals surface area contributed by atoms with Crippen molar-refractivity contribution >= 4 is 82.5 Å². The molecule has 584 valence electrons. The molecule has 3 saturated carbocycles. The second-order valence-electron chi connectivity index (χ2n) is 31.2. The van der Waals surface area contributed by atoms with E-state index in [1.165, 1.54) is 111 Å². The van der Waals surface area contributed by atoms with Gasteiger partial charge in [0, 0.05) is 76.6 Å². The molecule has 1 aromatic carbocycles. The number of benzene rings is 1. The minimum atomic E-state index is -4.78. The summed E-state index contributed by atoms with van der Waals surface area (Å²) in [5.74, 6) is -9.14. The van der Waals surface area contributed by atoms with Crippen LogP contribution in [0.2, 0.25) is 5.02 Å². The molecular weight excluding hydrogens is 1370 g/mol. The molecule has 5 fully saturated rings. The number of alkyl halides is 3. The lowest BCUT2D eigenvalue weighted by Crippen LogP contribution is -2.66. The fourth-order valence-electron chi connectivity index (χ4n) is 15.3. The predicted molar refractivity (Wildman–Crippen MR) is 386 cm³/mol. The second-order valence-corrected chi connectivity index (χ2v) is 31.6. The van der Waals surface area contributed by atoms with E-state index in [1.807, 2.05) is 34.6 Å². The van der Waals surface area contributed by atoms with E-state index < -0.39 is 179 Å². The van der Waals surface area contributed by atoms with Crippen LogP contribution in [-0.2, 0) is 74.9 Å². The summed E-state index contributed by atoms with van der Waals surface area (Å²) in [6.45, 7) is 12.0. The van der Waals surface area contributed by atoms with Gasteiger partial charge in [0.25, 0.3) is 0 Å². The van der Waals surface area contributed by atoms with Crippen LogP contribution in [0.4, 0.5) is 13.2 Å². The Morgan fingerprint density at radius 1 is 0.683 bits per heavy atom. The molecule has 2 aliphatic heterocycles. The summed E-state index contributed by atoms with van der Waals surface area (Å²) in [6, 6.07) is -8.40. The fraction of sp³-hybridized carbons (Fsp3) is 0.760. The third-order valence-corrected chi connectivity index (χ3v) is 22.9. The normalized spacial score (nSPS) is 26.7. The zero-order valence-electron chi connectivity index (χ0n) is 64.3. The molecular formula is C75H118ClF3N12O13. The van der Waals surface area contributed by atoms with Gasteiger partial charge < -0.3 is 64.8 Å². The highest BCUT2D eigenvalue weighted by molar-refractivity contribution is 6.31. The van der Waals surface area contributed by atoms with E-state index in [9.17, 15) is 46.7 Å². The summed E-state index contributed by atoms with van der Waals surface area (Å²) < 4.78 is 48.1. The van der Waals surface area contributed by atoms with Crippen molar-refractivity contribution < 1.29 is 75.4 Å². The van der Waals surface area contributed by atoms with Crippen LogP contribution < -0.4 is 16.0 Å². The summed E-state index contributed by atoms with van der Waals surface area (Å²) >= 11 is 6.19. The van der Waals surface area contributed by atoms with Gasteiger partial charge in [-0.15, -0.1) is 0 Å². The number of fused-ring (bicyclic) bond motifs is 1. The number of amides is 12. The quantitative estimate of drug-likeness (QED) is 0.149. The minimum Gasteiger partial charge on any atom is -0.379 e. The predicted octanol–water partition coefficient (Wildman–Crippen LogP) is 6.54. The maximum atomic E-state index is 15.8. The first-order valence-electron chi connectivity index (χ1n) is 37.5. The van der Waals surface area contributed by atoms with Crippen LogP contribution in [0.25, 0.3) is 0 Å². The molecule has 5 aliphatic rings. The topological polar surface area (TPSA) is 279 Å². The van der Waals surface area contributed by atoms with Crippen molar-refractivity contribution in [3.8, 4) is 0 Å². The summed E-state index contributed by atoms with van der Waals surface area (Å²) in [5.41, 5.74) is -2.48. The Labute approximate surface area is 618 Å². The Kier molecular flexibility index (Phi) is 31.3. The Balaban J connectivity index is 1.48. The molecule has 3 aliphatic carbocycles. The zero-order chi connectivity index (χ0) is 77.6. The maximum absolute atomic E-state index is 15.8. The third-order valence-electron chi connectivity index (χ3n) is 22.5. The van der Waals surface area contributed by atoms with Gasteiger partial charge in [-0.1, -0.05) is 123 Å². The SMILES string of the molecule is CC[C@H](C)[C@@H]1NC(=O)[C@H](CC(C)C)N(C)C(=O)C[C@@H](C(=O)N(C)C)N(C)C(=O)[C@H](C2CCCC2)N(C)C(=O)C2(CCCC2)NC(=O)[C@H](COCCC(C)C)N(C)C(=O)[C@H](CCc2ccc(C(F)(F)F)c(Cl)c2)NC(=O)CN(C)C(=O)[C@H](CC2CCCCC2)N(C)C(=O)[C@@H]2CCN2C(=O)[C@H](C)N(C)C1=O. The van der Waals surface area contributed by atoms with Gasteiger partial charge in [0.2, 0.25) is 70.9 Å². The van der Waals surface area contributed by atoms with Crippen LogP contribution in [0.1, 0.15) is 188 Å². The van der Waals surface area contributed by atoms with E-state index in [0.717, 1.165) is 54.0 Å². The average Bonchev–Trinajstić information content (AvgIpc) is 1.24. The first kappa shape index (κ1) is 85.8. The smallest absolute Gasteiger partial charge is 0.379 e. The first-order chi connectivity index (χ1) is 48.8. The third kappa shape index (κ3) is 21.4. The van der Waals surface area contributed by atoms with Crippen molar-refractivity contribution in [2.24, 2.45) is 29.6 Å². The van der Waals surface area contributed by atoms with Crippen LogP contribution in [0.5, 0.6) is 0 Å². The maximum Gasteiger partial charge on any atom is 0.417 e. The number of halogens is 4. The highest BCUT2D eigenvalue weighted by Crippen LogP contribution is 2.39. The highest BCUT2D eigenvalue weighted by atomic mass is 35.5. The van der Waals surface area contributed by atoms with Crippen LogP contribution in [0.15, 0.2) is 18.2 Å². The molecule has 0 unspecified atom stereocenters. The molecule has 0 radical (unpaired) electrons. The van der Waals surface area contributed by atoms with Gasteiger partial charge in [-0.2, -0.15) is 13.2 Å². The summed E-state index contributed by atoms with van der Waals surface area (Å²) in [5, 5.41) is 8.11. The molecule has 1 aromatic rings. The number of aryl methyl sites for hydroxylation is 1. The lowest BCUT2D eigenvalue weighted by atomic mass is 9.84. The molecule has 25 nitrogen and oxygen atoms in total. The van der Waals surface area contributed by atoms with Gasteiger partial charge in [-0.25, -0.2) is 0 Å². The Morgan fingerprint density at radius 3 is 1.86 bits per heavy atom. The lowest BCUT2D eigenvalue weighted by Gasteiger charge is -2.45. The number of carbonyl (C=O) groups excluding carboxylic acids is 12. The van der Waals surface area contributed by atoms with Gasteiger partial charge in [0.15, 0.2) is 0 Å². The van der Waals surface area contributed by atoms with Crippen molar-refractivity contribution in [1.29, 1.82) is 0 Å². The number of likely N-dealkylation sites (N-methyl/N-ethyl adjacent to an activating group) is 8. The summed E-state index contributed by atoms with van der Waals surface area (Å²) in [4.78, 5) is 192. The minimum absolute atomic E-state index is 0.00444. The molecule has 0 aromatic heterocycles. The van der Waals surface area contributed by atoms with Crippen LogP contribution in [-0.4, -0.2) is 265 Å². The zero-order valence-corrected chi connectivity index (χ0v) is 65.1. The van der Waals surface area contributed by atoms with Crippen molar-refractivity contribution in [3.63, 3.8) is 0 Å². The van der Waals surface area contributed by atoms with E-state index in [1.54, 1.807) is 6.92 Å². The number of nitrogens with one attached hydrogen (secondary N) is 3. The van der Waals surface area contributed by atoms with E-state index in [-0.39, 0.29) is 81.4 Å². The molecule has 12 amide bonds. The summed E-state index contributed by atoms with van der Waals surface area (Å²) in [7, 11) is 12.8. The van der Waals surface area contributed by atoms with Gasteiger partial charge in [-0.05, 0) is 118 Å². The Morgan fingerprint density at radius 2 is 1.30 bits per heavy atom. The van der Waals surface area contributed by atoms with E-state index in [2.05, 4.69) is 16.0 Å². The molecule has 3 N–H and O–H groups in total. The fourth-order valence-corrected chi connectivity index (χ4v) is 15.6. The van der Waals surface area contributed by atoms with Crippen molar-refractivity contribution in [1.82, 2.24) is 60.0 Å². The molecule has 0 bridgehead atoms. The standard InChI is InChI=1S/C75H118ClF3N12O13/c1-17-47(6)62-71(101)85(11)48(7)66(96)91-37-33-55(91)70(100)87(13)57(41-49-25-19-18-20-26-49)69(99)84(10)43-60(92)80-54(32-30-50-29-31-52(53(76)40-50)75(77,78)79)67(97)89(15)59(44-104-38-34-45(2)3)65(95)82-74(35-23-24-36-74)73(103)90(16)63(51-27-21-22-28-51)72(102)88(14)58(68(98)83(8)9)42-61(93)86(12)56(39-46(4)5)64(94)81-62/h29,31,40,45-49,51,54-59,62-63H,17-28,30,32-39,41-44H2,1-16H3,(H,80,92)(H,81,94)(H,82,95)/t47-,48-,54-,55-,56-,57-,58-,59-,62-,63-/m0/s1. The van der Waals surface area contributed by atoms with E-state index >= 15 is 24.0 Å². The number of carbonyl (C=O) groups is 12. The number of rotatable bonds is 16. The van der Waals surface area contributed by atoms with Gasteiger partial charge in [0.05, 0.1) is 30.2 Å². The van der Waals surface area contributed by atoms with Crippen LogP contribution in [0, 0.1) is 29.6 Å². The van der Waals surface area contributed by atoms with E-state index in [4.69, 9.17) is 16.3 Å². The first-order valence-corrected chi connectivity index (χ1v) is 37.9. The molecule has 104 heavy (non-hydrogen) atoms. The van der Waals surface area contributed by atoms with E-state index in [0.29, 0.717) is 51.4 Å². The molecule has 29 heteroatoms. The largest absolute Gasteiger partial charge is 0.417 e. The Bertz CT molecular complexity index is 3210. The highest BCUT2D eigenvalue weighted by Gasteiger charge is 2.52. The van der Waals surface area contributed by atoms with Gasteiger partial charge in [0.1, 0.15) is 59.9 Å². The number of hydrogen-bond acceptors (Lipinski definition) is 13. The average molecular weight is 1490 g/mol. The Hall–Kier alpha value is -7.10. The van der Waals surface area contributed by atoms with Crippen molar-refractivity contribution in [3.05, 3.63) is 34.3 Å². The molecule has 1 spiro atoms. The lowest BCUT2D eigenvalue weighted by molar-refractivity contribution is -0.160. The molecule has 6 rings (SSSR count). The number of ether oxygens (including phenoxy) is 1. The van der Waals surface area contributed by atoms with Gasteiger partial charge >= 0.3 is 6.18 Å². The monoisotopic (exact) mass is 1490 g/mol. The molecule has 10 atom stereocenters. The molecule has 2 saturated heterocycles. The van der Waals surface area contributed by atoms with Crippen molar-refractivity contribution in [2.75, 3.05) is 89.7 Å². The van der Waals surface area contributed by atoms with Crippen LogP contribution in [0.3, 0.4) is 0 Å². The number of nitrogens with zero attached hydrogens (tertiary/aromatic N) is 9. The number of hydrogen-bond donors (Lipinski definition) is 3. The second kappa shape index (κ2) is 37.9.